The third-order valence-electron chi connectivity index (χ3n) is 2.69. The number of hydrogen-bond donors (Lipinski definition) is 0. The second-order valence-corrected chi connectivity index (χ2v) is 3.82. The first-order valence-corrected chi connectivity index (χ1v) is 5.70. The molecule has 2 saturated heterocycles. The van der Waals surface area contributed by atoms with Crippen LogP contribution in [0.5, 0.6) is 0 Å². The lowest BCUT2D eigenvalue weighted by atomic mass is 9.93. The molecule has 2 aliphatic heterocycles. The van der Waals surface area contributed by atoms with Gasteiger partial charge in [-0.3, -0.25) is 0 Å². The quantitative estimate of drug-likeness (QED) is 0.360. The Morgan fingerprint density at radius 2 is 2.18 bits per heavy atom. The minimum Gasteiger partial charge on any atom is -0.377 e. The van der Waals surface area contributed by atoms with E-state index >= 15 is 0 Å². The van der Waals surface area contributed by atoms with Crippen molar-refractivity contribution >= 4 is 7.85 Å². The maximum absolute atomic E-state index is 5.81. The molecule has 0 aromatic rings. The fraction of sp³-hybridized carbons (Fsp3) is 1.00. The third kappa shape index (κ3) is 3.40. The highest BCUT2D eigenvalue weighted by Gasteiger charge is 2.45. The summed E-state index contributed by atoms with van der Waals surface area (Å²) in [5, 5.41) is 0. The average Bonchev–Trinajstić information content (AvgIpc) is 2.65. The van der Waals surface area contributed by atoms with Crippen molar-refractivity contribution in [2.45, 2.75) is 31.2 Å². The van der Waals surface area contributed by atoms with Crippen LogP contribution in [0.15, 0.2) is 0 Å². The standard InChI is InChI=1S/C10H17BO6/c1-2-12-4-14-6-16-9-8-7(17-10(9)11)3-13-5-15-8/h7-10H,2-6H2,1H3/t7-,8+,9?,10-/m1/s1. The first kappa shape index (κ1) is 13.3. The molecule has 0 amide bonds. The SMILES string of the molecule is [B][C@@H]1O[C@@H]2COCO[C@@H]2C1OCOCOCC. The first-order chi connectivity index (χ1) is 8.33. The molecule has 7 heteroatoms. The van der Waals surface area contributed by atoms with Gasteiger partial charge in [0.15, 0.2) is 0 Å². The summed E-state index contributed by atoms with van der Waals surface area (Å²) in [6, 6.07) is -0.512. The van der Waals surface area contributed by atoms with E-state index in [1.54, 1.807) is 0 Å². The molecule has 2 fully saturated rings. The van der Waals surface area contributed by atoms with Crippen LogP contribution < -0.4 is 0 Å². The summed E-state index contributed by atoms with van der Waals surface area (Å²) in [5.74, 6) is 0. The predicted molar refractivity (Wildman–Crippen MR) is 57.4 cm³/mol. The van der Waals surface area contributed by atoms with Gasteiger partial charge in [-0.25, -0.2) is 0 Å². The van der Waals surface area contributed by atoms with Crippen LogP contribution in [0, 0.1) is 0 Å². The van der Waals surface area contributed by atoms with Crippen LogP contribution in [0.2, 0.25) is 0 Å². The van der Waals surface area contributed by atoms with E-state index in [-0.39, 0.29) is 38.7 Å². The van der Waals surface area contributed by atoms with Crippen LogP contribution in [0.3, 0.4) is 0 Å². The van der Waals surface area contributed by atoms with Crippen LogP contribution >= 0.6 is 0 Å². The van der Waals surface area contributed by atoms with Crippen LogP contribution in [0.4, 0.5) is 0 Å². The predicted octanol–water partition coefficient (Wildman–Crippen LogP) is -0.394. The lowest BCUT2D eigenvalue weighted by Crippen LogP contribution is -2.43. The van der Waals surface area contributed by atoms with Gasteiger partial charge >= 0.3 is 0 Å². The number of ether oxygens (including phenoxy) is 6. The molecule has 1 unspecified atom stereocenters. The molecule has 2 heterocycles. The molecule has 6 nitrogen and oxygen atoms in total. The third-order valence-corrected chi connectivity index (χ3v) is 2.69. The van der Waals surface area contributed by atoms with Crippen molar-refractivity contribution < 1.29 is 28.4 Å². The van der Waals surface area contributed by atoms with E-state index in [4.69, 9.17) is 36.3 Å². The Morgan fingerprint density at radius 3 is 3.00 bits per heavy atom. The van der Waals surface area contributed by atoms with Crippen molar-refractivity contribution in [3.8, 4) is 0 Å². The summed E-state index contributed by atoms with van der Waals surface area (Å²) in [6.07, 6.45) is -0.671. The fourth-order valence-electron chi connectivity index (χ4n) is 1.88. The zero-order valence-corrected chi connectivity index (χ0v) is 9.87. The maximum Gasteiger partial charge on any atom is 0.150 e. The van der Waals surface area contributed by atoms with Crippen LogP contribution in [-0.2, 0) is 28.4 Å². The summed E-state index contributed by atoms with van der Waals surface area (Å²) in [4.78, 5) is 0. The van der Waals surface area contributed by atoms with E-state index in [0.717, 1.165) is 0 Å². The number of fused-ring (bicyclic) bond motifs is 1. The zero-order valence-electron chi connectivity index (χ0n) is 9.87. The van der Waals surface area contributed by atoms with E-state index in [2.05, 4.69) is 0 Å². The zero-order chi connectivity index (χ0) is 12.1. The topological polar surface area (TPSA) is 55.4 Å². The average molecular weight is 244 g/mol. The van der Waals surface area contributed by atoms with Gasteiger partial charge < -0.3 is 28.4 Å². The van der Waals surface area contributed by atoms with Crippen molar-refractivity contribution in [1.29, 1.82) is 0 Å². The second-order valence-electron chi connectivity index (χ2n) is 3.82. The summed E-state index contributed by atoms with van der Waals surface area (Å²) < 4.78 is 31.7. The monoisotopic (exact) mass is 244 g/mol. The van der Waals surface area contributed by atoms with Crippen LogP contribution in [-0.4, -0.2) is 65.8 Å². The van der Waals surface area contributed by atoms with Crippen molar-refractivity contribution in [2.24, 2.45) is 0 Å². The van der Waals surface area contributed by atoms with Gasteiger partial charge in [-0.05, 0) is 6.92 Å². The Balaban J connectivity index is 1.71. The van der Waals surface area contributed by atoms with Crippen molar-refractivity contribution in [3.63, 3.8) is 0 Å². The van der Waals surface area contributed by atoms with Gasteiger partial charge in [-0.15, -0.1) is 0 Å². The van der Waals surface area contributed by atoms with E-state index in [1.165, 1.54) is 0 Å². The highest BCUT2D eigenvalue weighted by atomic mass is 16.8. The van der Waals surface area contributed by atoms with Gasteiger partial charge in [-0.2, -0.15) is 0 Å². The summed E-state index contributed by atoms with van der Waals surface area (Å²) in [7, 11) is 5.81. The minimum absolute atomic E-state index is 0.106. The molecular weight excluding hydrogens is 227 g/mol. The summed E-state index contributed by atoms with van der Waals surface area (Å²) in [5.41, 5.74) is 0. The lowest BCUT2D eigenvalue weighted by Gasteiger charge is -2.27. The molecule has 0 aromatic heterocycles. The Labute approximate surface area is 102 Å². The second kappa shape index (κ2) is 6.68. The van der Waals surface area contributed by atoms with Gasteiger partial charge in [0.25, 0.3) is 0 Å². The molecule has 4 atom stereocenters. The molecule has 2 aliphatic rings. The van der Waals surface area contributed by atoms with Gasteiger partial charge in [0.2, 0.25) is 0 Å². The highest BCUT2D eigenvalue weighted by Crippen LogP contribution is 2.27. The van der Waals surface area contributed by atoms with Gasteiger partial charge in [0.05, 0.1) is 6.61 Å². The van der Waals surface area contributed by atoms with Crippen molar-refractivity contribution in [3.05, 3.63) is 0 Å². The minimum atomic E-state index is -0.512. The normalized spacial score (nSPS) is 37.0. The van der Waals surface area contributed by atoms with Gasteiger partial charge in [0, 0.05) is 12.6 Å². The molecule has 0 aliphatic carbocycles. The van der Waals surface area contributed by atoms with E-state index < -0.39 is 6.00 Å². The molecule has 96 valence electrons. The molecular formula is C10H17BO6. The smallest absolute Gasteiger partial charge is 0.150 e. The lowest BCUT2D eigenvalue weighted by molar-refractivity contribution is -0.208. The largest absolute Gasteiger partial charge is 0.377 e. The van der Waals surface area contributed by atoms with Gasteiger partial charge in [0.1, 0.15) is 46.5 Å². The Bertz CT molecular complexity index is 229. The Kier molecular flexibility index (Phi) is 5.21. The summed E-state index contributed by atoms with van der Waals surface area (Å²) in [6.45, 7) is 3.55. The Hall–Kier alpha value is -0.175. The van der Waals surface area contributed by atoms with Crippen molar-refractivity contribution in [1.82, 2.24) is 0 Å². The van der Waals surface area contributed by atoms with E-state index in [1.807, 2.05) is 6.92 Å². The summed E-state index contributed by atoms with van der Waals surface area (Å²) >= 11 is 0. The molecule has 0 aromatic carbocycles. The van der Waals surface area contributed by atoms with Gasteiger partial charge in [-0.1, -0.05) is 0 Å². The molecule has 0 saturated carbocycles. The molecule has 2 radical (unpaired) electrons. The number of rotatable bonds is 6. The van der Waals surface area contributed by atoms with E-state index in [0.29, 0.717) is 13.2 Å². The van der Waals surface area contributed by atoms with Crippen LogP contribution in [0.1, 0.15) is 6.92 Å². The Morgan fingerprint density at radius 1 is 1.29 bits per heavy atom. The van der Waals surface area contributed by atoms with Crippen LogP contribution in [0.25, 0.3) is 0 Å². The van der Waals surface area contributed by atoms with E-state index in [9.17, 15) is 0 Å². The van der Waals surface area contributed by atoms with Crippen molar-refractivity contribution in [2.75, 3.05) is 33.6 Å². The first-order valence-electron chi connectivity index (χ1n) is 5.70. The molecule has 0 N–H and O–H groups in total. The molecule has 2 rings (SSSR count). The maximum atomic E-state index is 5.81. The number of hydrogen-bond acceptors (Lipinski definition) is 6. The fourth-order valence-corrected chi connectivity index (χ4v) is 1.88. The highest BCUT2D eigenvalue weighted by molar-refractivity contribution is 6.11. The molecule has 17 heavy (non-hydrogen) atoms. The molecule has 0 bridgehead atoms. The molecule has 0 spiro atoms.